The quantitative estimate of drug-likeness (QED) is 0.567. The van der Waals surface area contributed by atoms with Gasteiger partial charge in [0.2, 0.25) is 27.6 Å². The molecule has 31 heavy (non-hydrogen) atoms. The highest BCUT2D eigenvalue weighted by atomic mass is 32.2. The number of carbonyl (C=O) groups is 1. The van der Waals surface area contributed by atoms with Gasteiger partial charge in [-0.25, -0.2) is 8.42 Å². The van der Waals surface area contributed by atoms with E-state index in [1.54, 1.807) is 44.4 Å². The van der Waals surface area contributed by atoms with E-state index in [1.165, 1.54) is 0 Å². The van der Waals surface area contributed by atoms with Gasteiger partial charge in [0.15, 0.2) is 0 Å². The molecule has 10 heteroatoms. The number of hydrogen-bond acceptors (Lipinski definition) is 7. The van der Waals surface area contributed by atoms with Crippen LogP contribution in [-0.2, 0) is 21.4 Å². The lowest BCUT2D eigenvalue weighted by atomic mass is 10.1. The van der Waals surface area contributed by atoms with Crippen molar-refractivity contribution in [3.8, 4) is 17.1 Å². The molecule has 1 amide bonds. The van der Waals surface area contributed by atoms with Crippen molar-refractivity contribution in [2.45, 2.75) is 20.4 Å². The zero-order valence-electron chi connectivity index (χ0n) is 17.7. The molecule has 1 heterocycles. The Bertz CT molecular complexity index is 1170. The lowest BCUT2D eigenvalue weighted by Gasteiger charge is -2.24. The summed E-state index contributed by atoms with van der Waals surface area (Å²) in [6.45, 7) is 3.28. The zero-order valence-corrected chi connectivity index (χ0v) is 18.6. The van der Waals surface area contributed by atoms with Crippen molar-refractivity contribution in [3.05, 3.63) is 59.5 Å². The number of aryl methyl sites for hydroxylation is 2. The van der Waals surface area contributed by atoms with Crippen LogP contribution in [0.2, 0.25) is 0 Å². The average molecular weight is 445 g/mol. The molecule has 1 aromatic heterocycles. The zero-order chi connectivity index (χ0) is 22.6. The Morgan fingerprint density at radius 3 is 2.52 bits per heavy atom. The molecule has 2 aromatic carbocycles. The Hall–Kier alpha value is -3.40. The summed E-state index contributed by atoms with van der Waals surface area (Å²) in [5.41, 5.74) is 2.86. The van der Waals surface area contributed by atoms with Gasteiger partial charge >= 0.3 is 0 Å². The predicted molar refractivity (Wildman–Crippen MR) is 116 cm³/mol. The number of methoxy groups -OCH3 is 1. The molecular weight excluding hydrogens is 420 g/mol. The van der Waals surface area contributed by atoms with Crippen LogP contribution in [0, 0.1) is 13.8 Å². The number of amides is 1. The molecule has 0 saturated carbocycles. The second kappa shape index (κ2) is 9.17. The standard InChI is InChI=1S/C21H24N4O5S/c1-14-5-6-15(2)18(11-14)25(31(4,27)28)13-19(26)22-12-20-23-21(24-30-20)16-7-9-17(29-3)10-8-16/h5-11H,12-13H2,1-4H3,(H,22,26). The Labute approximate surface area is 181 Å². The van der Waals surface area contributed by atoms with Crippen molar-refractivity contribution in [2.24, 2.45) is 0 Å². The molecule has 0 fully saturated rings. The van der Waals surface area contributed by atoms with E-state index >= 15 is 0 Å². The van der Waals surface area contributed by atoms with E-state index in [0.29, 0.717) is 17.3 Å². The van der Waals surface area contributed by atoms with Crippen molar-refractivity contribution in [2.75, 3.05) is 24.2 Å². The minimum Gasteiger partial charge on any atom is -0.497 e. The van der Waals surface area contributed by atoms with Gasteiger partial charge in [-0.1, -0.05) is 17.3 Å². The smallest absolute Gasteiger partial charge is 0.246 e. The van der Waals surface area contributed by atoms with E-state index in [4.69, 9.17) is 9.26 Å². The van der Waals surface area contributed by atoms with Crippen LogP contribution in [0.4, 0.5) is 5.69 Å². The van der Waals surface area contributed by atoms with Gasteiger partial charge in [0.05, 0.1) is 25.6 Å². The molecular formula is C21H24N4O5S. The van der Waals surface area contributed by atoms with Crippen LogP contribution < -0.4 is 14.4 Å². The molecule has 164 valence electrons. The fourth-order valence-electron chi connectivity index (χ4n) is 2.91. The van der Waals surface area contributed by atoms with Gasteiger partial charge in [-0.2, -0.15) is 4.98 Å². The van der Waals surface area contributed by atoms with Crippen molar-refractivity contribution in [1.29, 1.82) is 0 Å². The molecule has 0 aliphatic heterocycles. The fraction of sp³-hybridized carbons (Fsp3) is 0.286. The number of ether oxygens (including phenoxy) is 1. The molecule has 3 rings (SSSR count). The summed E-state index contributed by atoms with van der Waals surface area (Å²) >= 11 is 0. The molecule has 3 aromatic rings. The van der Waals surface area contributed by atoms with Crippen LogP contribution in [0.3, 0.4) is 0 Å². The first-order valence-corrected chi connectivity index (χ1v) is 11.3. The van der Waals surface area contributed by atoms with Crippen LogP contribution >= 0.6 is 0 Å². The second-order valence-corrected chi connectivity index (χ2v) is 8.98. The summed E-state index contributed by atoms with van der Waals surface area (Å²) in [6.07, 6.45) is 1.07. The van der Waals surface area contributed by atoms with E-state index in [1.807, 2.05) is 19.1 Å². The van der Waals surface area contributed by atoms with Crippen molar-refractivity contribution in [3.63, 3.8) is 0 Å². The molecule has 0 bridgehead atoms. The monoisotopic (exact) mass is 444 g/mol. The number of rotatable bonds is 8. The minimum atomic E-state index is -3.66. The third-order valence-electron chi connectivity index (χ3n) is 4.57. The molecule has 0 radical (unpaired) electrons. The summed E-state index contributed by atoms with van der Waals surface area (Å²) in [4.78, 5) is 16.7. The minimum absolute atomic E-state index is 0.0214. The van der Waals surface area contributed by atoms with Gasteiger partial charge in [0.25, 0.3) is 0 Å². The molecule has 0 spiro atoms. The van der Waals surface area contributed by atoms with Crippen molar-refractivity contribution in [1.82, 2.24) is 15.5 Å². The van der Waals surface area contributed by atoms with E-state index < -0.39 is 15.9 Å². The molecule has 1 N–H and O–H groups in total. The van der Waals surface area contributed by atoms with Crippen LogP contribution in [0.15, 0.2) is 47.0 Å². The van der Waals surface area contributed by atoms with Gasteiger partial charge < -0.3 is 14.6 Å². The number of sulfonamides is 1. The highest BCUT2D eigenvalue weighted by molar-refractivity contribution is 7.92. The molecule has 0 aliphatic carbocycles. The number of aromatic nitrogens is 2. The average Bonchev–Trinajstić information content (AvgIpc) is 3.21. The van der Waals surface area contributed by atoms with E-state index in [0.717, 1.165) is 27.3 Å². The van der Waals surface area contributed by atoms with Crippen LogP contribution in [0.25, 0.3) is 11.4 Å². The Morgan fingerprint density at radius 2 is 1.87 bits per heavy atom. The maximum atomic E-state index is 12.5. The Kier molecular flexibility index (Phi) is 6.59. The maximum absolute atomic E-state index is 12.5. The van der Waals surface area contributed by atoms with Crippen molar-refractivity contribution >= 4 is 21.6 Å². The first-order valence-electron chi connectivity index (χ1n) is 9.46. The Morgan fingerprint density at radius 1 is 1.16 bits per heavy atom. The summed E-state index contributed by atoms with van der Waals surface area (Å²) in [5.74, 6) is 0.798. The van der Waals surface area contributed by atoms with Crippen LogP contribution in [0.1, 0.15) is 17.0 Å². The number of nitrogens with zero attached hydrogens (tertiary/aromatic N) is 3. The highest BCUT2D eigenvalue weighted by Crippen LogP contribution is 2.24. The maximum Gasteiger partial charge on any atom is 0.246 e. The second-order valence-electron chi connectivity index (χ2n) is 7.08. The van der Waals surface area contributed by atoms with Gasteiger partial charge in [-0.15, -0.1) is 0 Å². The third kappa shape index (κ3) is 5.60. The fourth-order valence-corrected chi connectivity index (χ4v) is 3.82. The van der Waals surface area contributed by atoms with E-state index in [9.17, 15) is 13.2 Å². The largest absolute Gasteiger partial charge is 0.497 e. The van der Waals surface area contributed by atoms with Gasteiger partial charge in [-0.3, -0.25) is 9.10 Å². The molecule has 0 saturated heterocycles. The Balaban J connectivity index is 1.67. The lowest BCUT2D eigenvalue weighted by molar-refractivity contribution is -0.119. The summed E-state index contributed by atoms with van der Waals surface area (Å²) < 4.78 is 36.0. The SMILES string of the molecule is COc1ccc(-c2noc(CNC(=O)CN(c3cc(C)ccc3C)S(C)(=O)=O)n2)cc1. The van der Waals surface area contributed by atoms with Gasteiger partial charge in [-0.05, 0) is 55.3 Å². The number of nitrogens with one attached hydrogen (secondary N) is 1. The topological polar surface area (TPSA) is 115 Å². The molecule has 9 nitrogen and oxygen atoms in total. The lowest BCUT2D eigenvalue weighted by Crippen LogP contribution is -2.40. The predicted octanol–water partition coefficient (Wildman–Crippen LogP) is 2.44. The van der Waals surface area contributed by atoms with E-state index in [-0.39, 0.29) is 19.0 Å². The number of benzene rings is 2. The van der Waals surface area contributed by atoms with E-state index in [2.05, 4.69) is 15.5 Å². The molecule has 0 atom stereocenters. The van der Waals surface area contributed by atoms with Crippen LogP contribution in [-0.4, -0.2) is 44.4 Å². The van der Waals surface area contributed by atoms with Crippen molar-refractivity contribution < 1.29 is 22.5 Å². The normalized spacial score (nSPS) is 11.2. The summed E-state index contributed by atoms with van der Waals surface area (Å²) in [7, 11) is -2.08. The van der Waals surface area contributed by atoms with Gasteiger partial charge in [0.1, 0.15) is 12.3 Å². The molecule has 0 unspecified atom stereocenters. The third-order valence-corrected chi connectivity index (χ3v) is 5.70. The van der Waals surface area contributed by atoms with Crippen LogP contribution in [0.5, 0.6) is 5.75 Å². The first kappa shape index (κ1) is 22.3. The number of hydrogen-bond donors (Lipinski definition) is 1. The number of anilines is 1. The highest BCUT2D eigenvalue weighted by Gasteiger charge is 2.23. The first-order chi connectivity index (χ1) is 14.7. The summed E-state index contributed by atoms with van der Waals surface area (Å²) in [6, 6.07) is 12.6. The molecule has 0 aliphatic rings. The van der Waals surface area contributed by atoms with Gasteiger partial charge in [0, 0.05) is 5.56 Å². The number of carbonyl (C=O) groups excluding carboxylic acids is 1. The summed E-state index contributed by atoms with van der Waals surface area (Å²) in [5, 5.41) is 6.53.